The van der Waals surface area contributed by atoms with Crippen molar-refractivity contribution >= 4 is 11.7 Å². The van der Waals surface area contributed by atoms with Gasteiger partial charge in [-0.25, -0.2) is 13.8 Å². The number of piperidine rings is 1. The molecule has 0 spiro atoms. The fraction of sp³-hybridized carbons (Fsp3) is 0.261. The minimum Gasteiger partial charge on any atom is -0.356 e. The van der Waals surface area contributed by atoms with Crippen LogP contribution in [0.15, 0.2) is 60.9 Å². The first-order valence-electron chi connectivity index (χ1n) is 9.95. The van der Waals surface area contributed by atoms with E-state index in [4.69, 9.17) is 0 Å². The molecule has 0 radical (unpaired) electrons. The number of halogens is 2. The van der Waals surface area contributed by atoms with Crippen LogP contribution in [0.2, 0.25) is 0 Å². The van der Waals surface area contributed by atoms with Crippen LogP contribution in [0.25, 0.3) is 11.3 Å². The van der Waals surface area contributed by atoms with E-state index >= 15 is 0 Å². The average Bonchev–Trinajstić information content (AvgIpc) is 2.78. The van der Waals surface area contributed by atoms with Crippen LogP contribution in [-0.4, -0.2) is 35.5 Å². The Morgan fingerprint density at radius 2 is 1.93 bits per heavy atom. The molecule has 1 aliphatic heterocycles. The third-order valence-corrected chi connectivity index (χ3v) is 5.23. The fourth-order valence-corrected chi connectivity index (χ4v) is 3.72. The molecule has 3 aromatic rings. The Bertz CT molecular complexity index is 991. The smallest absolute Gasteiger partial charge is 0.252 e. The third kappa shape index (κ3) is 4.79. The van der Waals surface area contributed by atoms with Gasteiger partial charge in [0.1, 0.15) is 17.5 Å². The second kappa shape index (κ2) is 8.98. The van der Waals surface area contributed by atoms with Crippen LogP contribution in [-0.2, 0) is 0 Å². The molecule has 1 saturated heterocycles. The number of amides is 1. The number of nitrogens with one attached hydrogen (secondary N) is 1. The highest BCUT2D eigenvalue weighted by Crippen LogP contribution is 2.22. The molecule has 0 bridgehead atoms. The van der Waals surface area contributed by atoms with Gasteiger partial charge in [-0.05, 0) is 55.2 Å². The normalized spacial score (nSPS) is 16.3. The summed E-state index contributed by atoms with van der Waals surface area (Å²) in [6, 6.07) is 12.3. The van der Waals surface area contributed by atoms with E-state index in [9.17, 15) is 13.6 Å². The van der Waals surface area contributed by atoms with E-state index in [2.05, 4.69) is 20.2 Å². The van der Waals surface area contributed by atoms with Crippen molar-refractivity contribution in [2.75, 3.05) is 24.5 Å². The van der Waals surface area contributed by atoms with Gasteiger partial charge in [-0.1, -0.05) is 6.07 Å². The lowest BCUT2D eigenvalue weighted by Crippen LogP contribution is -2.41. The van der Waals surface area contributed by atoms with Gasteiger partial charge in [0.05, 0.1) is 11.3 Å². The molecule has 1 aliphatic rings. The van der Waals surface area contributed by atoms with Crippen molar-refractivity contribution in [3.63, 3.8) is 0 Å². The van der Waals surface area contributed by atoms with Crippen molar-refractivity contribution < 1.29 is 13.6 Å². The number of carbonyl (C=O) groups excluding carboxylic acids is 1. The molecule has 0 aliphatic carbocycles. The number of hydrogen-bond acceptors (Lipinski definition) is 4. The number of benzene rings is 1. The second-order valence-corrected chi connectivity index (χ2v) is 7.44. The van der Waals surface area contributed by atoms with Crippen LogP contribution >= 0.6 is 0 Å². The molecule has 1 amide bonds. The van der Waals surface area contributed by atoms with Gasteiger partial charge in [0.25, 0.3) is 5.91 Å². The summed E-state index contributed by atoms with van der Waals surface area (Å²) in [6.07, 6.45) is 5.31. The Kier molecular flexibility index (Phi) is 5.97. The zero-order chi connectivity index (χ0) is 20.9. The van der Waals surface area contributed by atoms with Crippen LogP contribution < -0.4 is 10.2 Å². The Hall–Kier alpha value is -3.35. The summed E-state index contributed by atoms with van der Waals surface area (Å²) in [4.78, 5) is 23.3. The summed E-state index contributed by atoms with van der Waals surface area (Å²) in [6.45, 7) is 2.38. The third-order valence-electron chi connectivity index (χ3n) is 5.23. The maximum absolute atomic E-state index is 13.4. The average molecular weight is 408 g/mol. The van der Waals surface area contributed by atoms with Crippen molar-refractivity contribution in [2.45, 2.75) is 12.8 Å². The lowest BCUT2D eigenvalue weighted by atomic mass is 9.98. The quantitative estimate of drug-likeness (QED) is 0.692. The lowest BCUT2D eigenvalue weighted by molar-refractivity contribution is 0.0945. The molecule has 1 fully saturated rings. The first-order chi connectivity index (χ1) is 14.6. The predicted molar refractivity (Wildman–Crippen MR) is 111 cm³/mol. The Balaban J connectivity index is 1.35. The Morgan fingerprint density at radius 1 is 1.10 bits per heavy atom. The Morgan fingerprint density at radius 3 is 2.63 bits per heavy atom. The van der Waals surface area contributed by atoms with Crippen molar-refractivity contribution in [3.05, 3.63) is 78.1 Å². The summed E-state index contributed by atoms with van der Waals surface area (Å²) in [5.41, 5.74) is 1.15. The zero-order valence-electron chi connectivity index (χ0n) is 16.4. The largest absolute Gasteiger partial charge is 0.356 e. The molecule has 2 aromatic heterocycles. The molecular formula is C23H22F2N4O. The van der Waals surface area contributed by atoms with Gasteiger partial charge in [0.2, 0.25) is 0 Å². The van der Waals surface area contributed by atoms with E-state index in [1.165, 1.54) is 18.3 Å². The van der Waals surface area contributed by atoms with E-state index in [-0.39, 0.29) is 5.91 Å². The first-order valence-corrected chi connectivity index (χ1v) is 9.95. The van der Waals surface area contributed by atoms with Crippen molar-refractivity contribution in [1.82, 2.24) is 15.3 Å². The molecular weight excluding hydrogens is 386 g/mol. The van der Waals surface area contributed by atoms with Gasteiger partial charge >= 0.3 is 0 Å². The summed E-state index contributed by atoms with van der Waals surface area (Å²) in [5, 5.41) is 2.97. The SMILES string of the molecule is O=C(NCC1CCCN(c2ccccn2)C1)c1ccc(-c2cc(F)cc(F)c2)nc1. The standard InChI is InChI=1S/C23H22F2N4O/c24-19-10-18(11-20(25)12-19)21-7-6-17(14-27-21)23(30)28-13-16-4-3-9-29(15-16)22-5-1-2-8-26-22/h1-2,5-8,10-12,14,16H,3-4,9,13,15H2,(H,28,30). The van der Waals surface area contributed by atoms with E-state index in [1.54, 1.807) is 18.3 Å². The lowest BCUT2D eigenvalue weighted by Gasteiger charge is -2.33. The molecule has 30 heavy (non-hydrogen) atoms. The van der Waals surface area contributed by atoms with Crippen molar-refractivity contribution in [3.8, 4) is 11.3 Å². The molecule has 1 aromatic carbocycles. The monoisotopic (exact) mass is 408 g/mol. The van der Waals surface area contributed by atoms with Gasteiger partial charge < -0.3 is 10.2 Å². The van der Waals surface area contributed by atoms with Crippen LogP contribution in [0, 0.1) is 17.6 Å². The highest BCUT2D eigenvalue weighted by atomic mass is 19.1. The first kappa shape index (κ1) is 19.9. The summed E-state index contributed by atoms with van der Waals surface area (Å²) in [7, 11) is 0. The molecule has 1 atom stereocenters. The predicted octanol–water partition coefficient (Wildman–Crippen LogP) is 4.07. The Labute approximate surface area is 173 Å². The summed E-state index contributed by atoms with van der Waals surface area (Å²) in [5.74, 6) is -0.245. The zero-order valence-corrected chi connectivity index (χ0v) is 16.4. The topological polar surface area (TPSA) is 58.1 Å². The molecule has 4 rings (SSSR count). The van der Waals surface area contributed by atoms with Crippen LogP contribution in [0.5, 0.6) is 0 Å². The molecule has 5 nitrogen and oxygen atoms in total. The molecule has 7 heteroatoms. The van der Waals surface area contributed by atoms with Crippen LogP contribution in [0.4, 0.5) is 14.6 Å². The maximum atomic E-state index is 13.4. The highest BCUT2D eigenvalue weighted by Gasteiger charge is 2.21. The van der Waals surface area contributed by atoms with Gasteiger partial charge in [0, 0.05) is 43.7 Å². The minimum absolute atomic E-state index is 0.213. The minimum atomic E-state index is -0.666. The van der Waals surface area contributed by atoms with E-state index in [0.717, 1.165) is 37.8 Å². The van der Waals surface area contributed by atoms with Gasteiger partial charge in [-0.2, -0.15) is 0 Å². The van der Waals surface area contributed by atoms with Crippen molar-refractivity contribution in [1.29, 1.82) is 0 Å². The molecule has 0 saturated carbocycles. The number of pyridine rings is 2. The second-order valence-electron chi connectivity index (χ2n) is 7.44. The molecule has 3 heterocycles. The van der Waals surface area contributed by atoms with Gasteiger partial charge in [-0.15, -0.1) is 0 Å². The van der Waals surface area contributed by atoms with E-state index in [1.807, 2.05) is 18.2 Å². The van der Waals surface area contributed by atoms with Crippen LogP contribution in [0.1, 0.15) is 23.2 Å². The number of rotatable bonds is 5. The molecule has 1 N–H and O–H groups in total. The molecule has 154 valence electrons. The van der Waals surface area contributed by atoms with E-state index in [0.29, 0.717) is 29.3 Å². The maximum Gasteiger partial charge on any atom is 0.252 e. The van der Waals surface area contributed by atoms with Gasteiger partial charge in [0.15, 0.2) is 0 Å². The van der Waals surface area contributed by atoms with E-state index < -0.39 is 11.6 Å². The van der Waals surface area contributed by atoms with Crippen molar-refractivity contribution in [2.24, 2.45) is 5.92 Å². The summed E-state index contributed by atoms with van der Waals surface area (Å²) < 4.78 is 26.8. The number of hydrogen-bond donors (Lipinski definition) is 1. The number of aromatic nitrogens is 2. The van der Waals surface area contributed by atoms with Gasteiger partial charge in [-0.3, -0.25) is 9.78 Å². The summed E-state index contributed by atoms with van der Waals surface area (Å²) >= 11 is 0. The highest BCUT2D eigenvalue weighted by molar-refractivity contribution is 5.94. The fourth-order valence-electron chi connectivity index (χ4n) is 3.72. The number of carbonyl (C=O) groups is 1. The number of nitrogens with zero attached hydrogens (tertiary/aromatic N) is 3. The number of anilines is 1. The van der Waals surface area contributed by atoms with Crippen LogP contribution in [0.3, 0.4) is 0 Å². The molecule has 1 unspecified atom stereocenters.